The summed E-state index contributed by atoms with van der Waals surface area (Å²) in [6, 6.07) is 0. The predicted octanol–water partition coefficient (Wildman–Crippen LogP) is 1.27. The average Bonchev–Trinajstić information content (AvgIpc) is 2.73. The zero-order valence-electron chi connectivity index (χ0n) is 13.3. The Balaban J connectivity index is 1.88. The first-order valence-corrected chi connectivity index (χ1v) is 7.77. The Kier molecular flexibility index (Phi) is 8.62. The molecule has 0 spiro atoms. The third-order valence-corrected chi connectivity index (χ3v) is 3.68. The van der Waals surface area contributed by atoms with Crippen LogP contribution in [-0.2, 0) is 4.74 Å². The van der Waals surface area contributed by atoms with Crippen molar-refractivity contribution >= 4 is 0 Å². The summed E-state index contributed by atoms with van der Waals surface area (Å²) < 4.78 is 5.51. The Labute approximate surface area is 119 Å². The van der Waals surface area contributed by atoms with E-state index in [-0.39, 0.29) is 0 Å². The van der Waals surface area contributed by atoms with Crippen LogP contribution < -0.4 is 5.32 Å². The van der Waals surface area contributed by atoms with Crippen LogP contribution in [-0.4, -0.2) is 75.9 Å². The molecule has 0 amide bonds. The number of rotatable bonds is 10. The van der Waals surface area contributed by atoms with Gasteiger partial charge in [-0.1, -0.05) is 0 Å². The summed E-state index contributed by atoms with van der Waals surface area (Å²) in [4.78, 5) is 4.90. The third kappa shape index (κ3) is 8.58. The van der Waals surface area contributed by atoms with Gasteiger partial charge < -0.3 is 19.9 Å². The number of nitrogens with one attached hydrogen (secondary N) is 1. The van der Waals surface area contributed by atoms with Crippen molar-refractivity contribution in [3.8, 4) is 0 Å². The normalized spacial score (nSPS) is 20.8. The Hall–Kier alpha value is -0.160. The van der Waals surface area contributed by atoms with E-state index in [9.17, 15) is 0 Å². The number of likely N-dealkylation sites (N-methyl/N-ethyl adjacent to an activating group) is 1. The maximum Gasteiger partial charge on any atom is 0.0518 e. The molecule has 1 aliphatic heterocycles. The fraction of sp³-hybridized carbons (Fsp3) is 1.00. The smallest absolute Gasteiger partial charge is 0.0518 e. The predicted molar refractivity (Wildman–Crippen MR) is 81.7 cm³/mol. The minimum Gasteiger partial charge on any atom is -0.379 e. The van der Waals surface area contributed by atoms with Crippen molar-refractivity contribution < 1.29 is 4.74 Å². The number of ether oxygens (including phenoxy) is 1. The molecule has 1 heterocycles. The fourth-order valence-corrected chi connectivity index (χ4v) is 2.62. The molecule has 1 saturated heterocycles. The van der Waals surface area contributed by atoms with Gasteiger partial charge in [-0.3, -0.25) is 0 Å². The van der Waals surface area contributed by atoms with E-state index in [4.69, 9.17) is 4.74 Å². The number of hydrogen-bond donors (Lipinski definition) is 1. The molecule has 4 nitrogen and oxygen atoms in total. The molecule has 1 aliphatic rings. The van der Waals surface area contributed by atoms with Crippen LogP contribution in [0, 0.1) is 5.92 Å². The van der Waals surface area contributed by atoms with Crippen molar-refractivity contribution in [3.63, 3.8) is 0 Å². The molecule has 19 heavy (non-hydrogen) atoms. The van der Waals surface area contributed by atoms with Crippen molar-refractivity contribution in [2.75, 3.05) is 60.0 Å². The molecule has 0 bridgehead atoms. The van der Waals surface area contributed by atoms with Crippen LogP contribution in [0.1, 0.15) is 26.7 Å². The molecule has 1 rings (SSSR count). The molecule has 0 saturated carbocycles. The van der Waals surface area contributed by atoms with Crippen LogP contribution in [0.4, 0.5) is 0 Å². The summed E-state index contributed by atoms with van der Waals surface area (Å²) in [5, 5.41) is 3.49. The largest absolute Gasteiger partial charge is 0.379 e. The van der Waals surface area contributed by atoms with Gasteiger partial charge in [-0.25, -0.2) is 0 Å². The first-order chi connectivity index (χ1) is 9.08. The molecule has 0 radical (unpaired) electrons. The molecule has 1 fully saturated rings. The van der Waals surface area contributed by atoms with E-state index in [0.717, 1.165) is 38.6 Å². The van der Waals surface area contributed by atoms with Gasteiger partial charge in [-0.2, -0.15) is 0 Å². The standard InChI is InChI=1S/C15H33N3O/c1-14(2)19-11-5-7-16-8-10-18(4)13-15-6-9-17(3)12-15/h14-16H,5-13H2,1-4H3. The summed E-state index contributed by atoms with van der Waals surface area (Å²) in [6.07, 6.45) is 2.83. The highest BCUT2D eigenvalue weighted by Gasteiger charge is 2.20. The highest BCUT2D eigenvalue weighted by Crippen LogP contribution is 2.14. The van der Waals surface area contributed by atoms with Gasteiger partial charge in [0.2, 0.25) is 0 Å². The van der Waals surface area contributed by atoms with E-state index in [1.165, 1.54) is 26.1 Å². The first kappa shape index (κ1) is 16.9. The molecule has 0 aromatic heterocycles. The lowest BCUT2D eigenvalue weighted by Gasteiger charge is -2.21. The van der Waals surface area contributed by atoms with Crippen molar-refractivity contribution in [1.82, 2.24) is 15.1 Å². The van der Waals surface area contributed by atoms with Crippen molar-refractivity contribution in [2.45, 2.75) is 32.8 Å². The molecular formula is C15H33N3O. The molecule has 1 unspecified atom stereocenters. The van der Waals surface area contributed by atoms with Gasteiger partial charge in [0.1, 0.15) is 0 Å². The van der Waals surface area contributed by atoms with Gasteiger partial charge in [-0.15, -0.1) is 0 Å². The lowest BCUT2D eigenvalue weighted by molar-refractivity contribution is 0.0770. The SMILES string of the molecule is CC(C)OCCCNCCN(C)CC1CCN(C)C1. The Morgan fingerprint density at radius 1 is 1.37 bits per heavy atom. The van der Waals surface area contributed by atoms with E-state index in [2.05, 4.69) is 43.1 Å². The van der Waals surface area contributed by atoms with Gasteiger partial charge in [0, 0.05) is 32.8 Å². The van der Waals surface area contributed by atoms with E-state index < -0.39 is 0 Å². The van der Waals surface area contributed by atoms with Crippen LogP contribution in [0.5, 0.6) is 0 Å². The second kappa shape index (κ2) is 9.70. The molecule has 114 valence electrons. The molecule has 1 atom stereocenters. The lowest BCUT2D eigenvalue weighted by Crippen LogP contribution is -2.34. The summed E-state index contributed by atoms with van der Waals surface area (Å²) >= 11 is 0. The molecule has 4 heteroatoms. The molecule has 0 aromatic rings. The number of likely N-dealkylation sites (tertiary alicyclic amines) is 1. The number of nitrogens with zero attached hydrogens (tertiary/aromatic N) is 2. The van der Waals surface area contributed by atoms with Gasteiger partial charge in [-0.05, 0) is 59.8 Å². The van der Waals surface area contributed by atoms with Crippen LogP contribution in [0.15, 0.2) is 0 Å². The lowest BCUT2D eigenvalue weighted by atomic mass is 10.1. The van der Waals surface area contributed by atoms with E-state index in [1.807, 2.05) is 0 Å². The monoisotopic (exact) mass is 271 g/mol. The molecule has 1 N–H and O–H groups in total. The highest BCUT2D eigenvalue weighted by molar-refractivity contribution is 4.75. The summed E-state index contributed by atoms with van der Waals surface area (Å²) in [5.41, 5.74) is 0. The van der Waals surface area contributed by atoms with E-state index in [0.29, 0.717) is 6.10 Å². The van der Waals surface area contributed by atoms with Gasteiger partial charge >= 0.3 is 0 Å². The topological polar surface area (TPSA) is 27.7 Å². The Morgan fingerprint density at radius 2 is 2.16 bits per heavy atom. The van der Waals surface area contributed by atoms with Crippen molar-refractivity contribution in [2.24, 2.45) is 5.92 Å². The van der Waals surface area contributed by atoms with Crippen molar-refractivity contribution in [3.05, 3.63) is 0 Å². The maximum atomic E-state index is 5.51. The van der Waals surface area contributed by atoms with Crippen LogP contribution in [0.2, 0.25) is 0 Å². The van der Waals surface area contributed by atoms with Crippen LogP contribution in [0.3, 0.4) is 0 Å². The second-order valence-corrected chi connectivity index (χ2v) is 6.20. The van der Waals surface area contributed by atoms with E-state index in [1.54, 1.807) is 0 Å². The zero-order chi connectivity index (χ0) is 14.1. The summed E-state index contributed by atoms with van der Waals surface area (Å²) in [6.45, 7) is 12.1. The molecule has 0 aliphatic carbocycles. The molecular weight excluding hydrogens is 238 g/mol. The highest BCUT2D eigenvalue weighted by atomic mass is 16.5. The maximum absolute atomic E-state index is 5.51. The van der Waals surface area contributed by atoms with Gasteiger partial charge in [0.05, 0.1) is 6.10 Å². The minimum absolute atomic E-state index is 0.357. The number of hydrogen-bond acceptors (Lipinski definition) is 4. The summed E-state index contributed by atoms with van der Waals surface area (Å²) in [5.74, 6) is 0.870. The first-order valence-electron chi connectivity index (χ1n) is 7.77. The van der Waals surface area contributed by atoms with Crippen molar-refractivity contribution in [1.29, 1.82) is 0 Å². The van der Waals surface area contributed by atoms with Crippen LogP contribution >= 0.6 is 0 Å². The fourth-order valence-electron chi connectivity index (χ4n) is 2.62. The minimum atomic E-state index is 0.357. The van der Waals surface area contributed by atoms with E-state index >= 15 is 0 Å². The Bertz CT molecular complexity index is 223. The second-order valence-electron chi connectivity index (χ2n) is 6.20. The van der Waals surface area contributed by atoms with Gasteiger partial charge in [0.15, 0.2) is 0 Å². The average molecular weight is 271 g/mol. The summed E-state index contributed by atoms with van der Waals surface area (Å²) in [7, 11) is 4.46. The zero-order valence-corrected chi connectivity index (χ0v) is 13.3. The molecule has 0 aromatic carbocycles. The van der Waals surface area contributed by atoms with Crippen LogP contribution in [0.25, 0.3) is 0 Å². The Morgan fingerprint density at radius 3 is 2.79 bits per heavy atom. The third-order valence-electron chi connectivity index (χ3n) is 3.68. The van der Waals surface area contributed by atoms with Gasteiger partial charge in [0.25, 0.3) is 0 Å². The quantitative estimate of drug-likeness (QED) is 0.606.